The summed E-state index contributed by atoms with van der Waals surface area (Å²) in [7, 11) is 0. The van der Waals surface area contributed by atoms with Gasteiger partial charge in [-0.15, -0.1) is 11.8 Å². The van der Waals surface area contributed by atoms with E-state index in [2.05, 4.69) is 5.32 Å². The summed E-state index contributed by atoms with van der Waals surface area (Å²) in [5, 5.41) is 13.1. The molecule has 0 aliphatic heterocycles. The van der Waals surface area contributed by atoms with Crippen LogP contribution in [0.25, 0.3) is 0 Å². The van der Waals surface area contributed by atoms with Gasteiger partial charge in [-0.3, -0.25) is 4.79 Å². The van der Waals surface area contributed by atoms with Gasteiger partial charge in [-0.25, -0.2) is 0 Å². The molecule has 2 aromatic carbocycles. The Morgan fingerprint density at radius 2 is 2.00 bits per heavy atom. The van der Waals surface area contributed by atoms with Crippen LogP contribution in [0, 0.1) is 0 Å². The predicted octanol–water partition coefficient (Wildman–Crippen LogP) is 4.82. The van der Waals surface area contributed by atoms with Crippen molar-refractivity contribution in [3.63, 3.8) is 0 Å². The van der Waals surface area contributed by atoms with Gasteiger partial charge < -0.3 is 10.4 Å². The van der Waals surface area contributed by atoms with Crippen molar-refractivity contribution in [1.29, 1.82) is 0 Å². The topological polar surface area (TPSA) is 49.3 Å². The van der Waals surface area contributed by atoms with Gasteiger partial charge >= 0.3 is 0 Å². The van der Waals surface area contributed by atoms with E-state index < -0.39 is 0 Å². The predicted molar refractivity (Wildman–Crippen MR) is 88.5 cm³/mol. The quantitative estimate of drug-likeness (QED) is 0.766. The van der Waals surface area contributed by atoms with Crippen LogP contribution >= 0.6 is 35.0 Å². The molecule has 6 heteroatoms. The second-order valence-corrected chi connectivity index (χ2v) is 6.28. The Morgan fingerprint density at radius 3 is 2.76 bits per heavy atom. The van der Waals surface area contributed by atoms with Gasteiger partial charge in [0.2, 0.25) is 5.91 Å². The average molecular weight is 342 g/mol. The van der Waals surface area contributed by atoms with Crippen LogP contribution in [0.3, 0.4) is 0 Å². The number of hydrogen-bond acceptors (Lipinski definition) is 3. The van der Waals surface area contributed by atoms with E-state index in [1.54, 1.807) is 36.4 Å². The zero-order valence-electron chi connectivity index (χ0n) is 11.0. The SMILES string of the molecule is O=C(CCSc1cccc(O)c1)Nc1cc(Cl)ccc1Cl. The lowest BCUT2D eigenvalue weighted by Gasteiger charge is -2.07. The molecule has 2 N–H and O–H groups in total. The van der Waals surface area contributed by atoms with E-state index >= 15 is 0 Å². The van der Waals surface area contributed by atoms with Gasteiger partial charge in [0.15, 0.2) is 0 Å². The highest BCUT2D eigenvalue weighted by molar-refractivity contribution is 7.99. The third kappa shape index (κ3) is 5.16. The minimum Gasteiger partial charge on any atom is -0.508 e. The van der Waals surface area contributed by atoms with Gasteiger partial charge in [0.05, 0.1) is 10.7 Å². The van der Waals surface area contributed by atoms with Crippen LogP contribution in [-0.4, -0.2) is 16.8 Å². The number of amides is 1. The van der Waals surface area contributed by atoms with E-state index in [4.69, 9.17) is 23.2 Å². The van der Waals surface area contributed by atoms with Gasteiger partial charge in [0.25, 0.3) is 0 Å². The largest absolute Gasteiger partial charge is 0.508 e. The second-order valence-electron chi connectivity index (χ2n) is 4.27. The monoisotopic (exact) mass is 341 g/mol. The van der Waals surface area contributed by atoms with Crippen LogP contribution in [0.2, 0.25) is 10.0 Å². The van der Waals surface area contributed by atoms with E-state index in [-0.39, 0.29) is 11.7 Å². The highest BCUT2D eigenvalue weighted by Gasteiger charge is 2.07. The van der Waals surface area contributed by atoms with Crippen molar-refractivity contribution in [2.75, 3.05) is 11.1 Å². The molecule has 0 bridgehead atoms. The van der Waals surface area contributed by atoms with E-state index in [9.17, 15) is 9.90 Å². The summed E-state index contributed by atoms with van der Waals surface area (Å²) in [6.45, 7) is 0. The zero-order valence-corrected chi connectivity index (χ0v) is 13.3. The van der Waals surface area contributed by atoms with E-state index in [1.807, 2.05) is 6.07 Å². The second kappa shape index (κ2) is 7.59. The van der Waals surface area contributed by atoms with Crippen LogP contribution in [0.5, 0.6) is 5.75 Å². The Hall–Kier alpha value is -1.36. The fraction of sp³-hybridized carbons (Fsp3) is 0.133. The number of benzene rings is 2. The highest BCUT2D eigenvalue weighted by atomic mass is 35.5. The molecule has 110 valence electrons. The van der Waals surface area contributed by atoms with E-state index in [1.165, 1.54) is 11.8 Å². The molecule has 0 aliphatic rings. The molecule has 3 nitrogen and oxygen atoms in total. The third-order valence-corrected chi connectivity index (χ3v) is 4.18. The van der Waals surface area contributed by atoms with Crippen molar-refractivity contribution in [2.24, 2.45) is 0 Å². The average Bonchev–Trinajstić information content (AvgIpc) is 2.43. The molecule has 0 saturated carbocycles. The van der Waals surface area contributed by atoms with Gasteiger partial charge in [0, 0.05) is 22.1 Å². The number of phenols is 1. The lowest BCUT2D eigenvalue weighted by atomic mass is 10.3. The molecule has 0 radical (unpaired) electrons. The molecule has 0 aliphatic carbocycles. The summed E-state index contributed by atoms with van der Waals surface area (Å²) in [5.41, 5.74) is 0.511. The molecule has 0 saturated heterocycles. The number of carbonyl (C=O) groups is 1. The maximum Gasteiger partial charge on any atom is 0.225 e. The molecule has 0 atom stereocenters. The molecule has 2 aromatic rings. The first kappa shape index (κ1) is 16.0. The molecule has 1 amide bonds. The number of nitrogens with one attached hydrogen (secondary N) is 1. The van der Waals surface area contributed by atoms with Crippen molar-refractivity contribution < 1.29 is 9.90 Å². The number of hydrogen-bond donors (Lipinski definition) is 2. The molecular weight excluding hydrogens is 329 g/mol. The smallest absolute Gasteiger partial charge is 0.225 e. The number of halogens is 2. The Balaban J connectivity index is 1.84. The molecule has 0 fully saturated rings. The van der Waals surface area contributed by atoms with Gasteiger partial charge in [-0.1, -0.05) is 29.3 Å². The third-order valence-electron chi connectivity index (χ3n) is 2.62. The van der Waals surface area contributed by atoms with Crippen molar-refractivity contribution in [3.8, 4) is 5.75 Å². The van der Waals surface area contributed by atoms with Gasteiger partial charge in [-0.05, 0) is 36.4 Å². The van der Waals surface area contributed by atoms with Crippen LogP contribution < -0.4 is 5.32 Å². The first-order valence-corrected chi connectivity index (χ1v) is 7.95. The van der Waals surface area contributed by atoms with Crippen LogP contribution in [0.4, 0.5) is 5.69 Å². The number of rotatable bonds is 5. The number of anilines is 1. The molecule has 0 aromatic heterocycles. The van der Waals surface area contributed by atoms with Crippen LogP contribution in [-0.2, 0) is 4.79 Å². The molecule has 2 rings (SSSR count). The van der Waals surface area contributed by atoms with Crippen molar-refractivity contribution in [3.05, 3.63) is 52.5 Å². The number of phenolic OH excluding ortho intramolecular Hbond substituents is 1. The molecule has 0 unspecified atom stereocenters. The molecular formula is C15H13Cl2NO2S. The van der Waals surface area contributed by atoms with Crippen molar-refractivity contribution >= 4 is 46.6 Å². The van der Waals surface area contributed by atoms with Crippen LogP contribution in [0.1, 0.15) is 6.42 Å². The molecule has 0 heterocycles. The fourth-order valence-corrected chi connectivity index (χ4v) is 2.88. The Kier molecular flexibility index (Phi) is 5.79. The first-order valence-electron chi connectivity index (χ1n) is 6.21. The maximum absolute atomic E-state index is 11.9. The van der Waals surface area contributed by atoms with Gasteiger partial charge in [0.1, 0.15) is 5.75 Å². The fourth-order valence-electron chi connectivity index (χ4n) is 1.64. The number of carbonyl (C=O) groups excluding carboxylic acids is 1. The molecule has 21 heavy (non-hydrogen) atoms. The van der Waals surface area contributed by atoms with Crippen LogP contribution in [0.15, 0.2) is 47.4 Å². The summed E-state index contributed by atoms with van der Waals surface area (Å²) in [4.78, 5) is 12.8. The minimum absolute atomic E-state index is 0.133. The zero-order chi connectivity index (χ0) is 15.2. The first-order chi connectivity index (χ1) is 10.0. The number of aromatic hydroxyl groups is 1. The Morgan fingerprint density at radius 1 is 1.19 bits per heavy atom. The lowest BCUT2D eigenvalue weighted by molar-refractivity contribution is -0.115. The van der Waals surface area contributed by atoms with Gasteiger partial charge in [-0.2, -0.15) is 0 Å². The summed E-state index contributed by atoms with van der Waals surface area (Å²) in [5.74, 6) is 0.690. The van der Waals surface area contributed by atoms with E-state index in [0.717, 1.165) is 4.90 Å². The molecule has 0 spiro atoms. The Bertz CT molecular complexity index is 649. The summed E-state index contributed by atoms with van der Waals surface area (Å²) in [6.07, 6.45) is 0.336. The normalized spacial score (nSPS) is 10.4. The summed E-state index contributed by atoms with van der Waals surface area (Å²) >= 11 is 13.3. The van der Waals surface area contributed by atoms with Crippen molar-refractivity contribution in [2.45, 2.75) is 11.3 Å². The number of thioether (sulfide) groups is 1. The Labute approximate surface area is 137 Å². The lowest BCUT2D eigenvalue weighted by Crippen LogP contribution is -2.12. The minimum atomic E-state index is -0.133. The maximum atomic E-state index is 11.9. The van der Waals surface area contributed by atoms with E-state index in [0.29, 0.717) is 27.9 Å². The highest BCUT2D eigenvalue weighted by Crippen LogP contribution is 2.26. The standard InChI is InChI=1S/C15H13Cl2NO2S/c16-10-4-5-13(17)14(8-10)18-15(20)6-7-21-12-3-1-2-11(19)9-12/h1-5,8-9,19H,6-7H2,(H,18,20). The summed E-state index contributed by atoms with van der Waals surface area (Å²) in [6, 6.07) is 11.8. The van der Waals surface area contributed by atoms with Crippen molar-refractivity contribution in [1.82, 2.24) is 0 Å². The summed E-state index contributed by atoms with van der Waals surface area (Å²) < 4.78 is 0.